The molecule has 0 saturated heterocycles. The average molecular weight is 242 g/mol. The van der Waals surface area contributed by atoms with Gasteiger partial charge in [-0.1, -0.05) is 42.5 Å². The van der Waals surface area contributed by atoms with Crippen molar-refractivity contribution >= 4 is 0 Å². The molecule has 1 aromatic carbocycles. The molecule has 1 heterocycles. The van der Waals surface area contributed by atoms with Gasteiger partial charge in [0.25, 0.3) is 0 Å². The van der Waals surface area contributed by atoms with Crippen LogP contribution in [-0.2, 0) is 6.54 Å². The smallest absolute Gasteiger partial charge is 0.161 e. The van der Waals surface area contributed by atoms with Crippen LogP contribution in [0.15, 0.2) is 65.3 Å². The van der Waals surface area contributed by atoms with E-state index in [1.54, 1.807) is 6.26 Å². The van der Waals surface area contributed by atoms with Gasteiger partial charge < -0.3 is 9.73 Å². The van der Waals surface area contributed by atoms with Crippen molar-refractivity contribution in [1.29, 1.82) is 0 Å². The lowest BCUT2D eigenvalue weighted by Crippen LogP contribution is -2.83. The van der Waals surface area contributed by atoms with Gasteiger partial charge >= 0.3 is 0 Å². The van der Waals surface area contributed by atoms with Crippen LogP contribution in [0.1, 0.15) is 30.7 Å². The fourth-order valence-electron chi connectivity index (χ4n) is 2.07. The molecule has 18 heavy (non-hydrogen) atoms. The van der Waals surface area contributed by atoms with Gasteiger partial charge in [0.1, 0.15) is 12.6 Å². The Morgan fingerprint density at radius 2 is 2.00 bits per heavy atom. The summed E-state index contributed by atoms with van der Waals surface area (Å²) in [5.41, 5.74) is 2.51. The predicted molar refractivity (Wildman–Crippen MR) is 73.0 cm³/mol. The second kappa shape index (κ2) is 6.22. The summed E-state index contributed by atoms with van der Waals surface area (Å²) >= 11 is 0. The molecule has 0 unspecified atom stereocenters. The molecule has 0 bridgehead atoms. The highest BCUT2D eigenvalue weighted by atomic mass is 16.3. The summed E-state index contributed by atoms with van der Waals surface area (Å²) in [7, 11) is 0. The highest BCUT2D eigenvalue weighted by molar-refractivity contribution is 5.13. The van der Waals surface area contributed by atoms with Crippen molar-refractivity contribution in [3.05, 3.63) is 72.2 Å². The summed E-state index contributed by atoms with van der Waals surface area (Å²) in [4.78, 5) is 0. The Bertz CT molecular complexity index is 473. The molecule has 2 N–H and O–H groups in total. The fourth-order valence-corrected chi connectivity index (χ4v) is 2.07. The number of benzene rings is 1. The highest BCUT2D eigenvalue weighted by Crippen LogP contribution is 2.16. The first kappa shape index (κ1) is 12.7. The first-order chi connectivity index (χ1) is 8.75. The van der Waals surface area contributed by atoms with Gasteiger partial charge in [0.2, 0.25) is 0 Å². The van der Waals surface area contributed by atoms with Crippen LogP contribution >= 0.6 is 0 Å². The third-order valence-electron chi connectivity index (χ3n) is 2.96. The summed E-state index contributed by atoms with van der Waals surface area (Å²) < 4.78 is 5.51. The molecule has 2 heteroatoms. The number of furan rings is 1. The quantitative estimate of drug-likeness (QED) is 0.775. The topological polar surface area (TPSA) is 29.8 Å². The summed E-state index contributed by atoms with van der Waals surface area (Å²) in [6.45, 7) is 7.02. The molecule has 1 atom stereocenters. The van der Waals surface area contributed by atoms with E-state index in [4.69, 9.17) is 4.42 Å². The number of hydrogen-bond donors (Lipinski definition) is 1. The van der Waals surface area contributed by atoms with Crippen molar-refractivity contribution in [3.8, 4) is 0 Å². The van der Waals surface area contributed by atoms with Gasteiger partial charge in [-0.3, -0.25) is 0 Å². The molecular formula is C16H20NO+. The van der Waals surface area contributed by atoms with Crippen LogP contribution in [0.25, 0.3) is 0 Å². The largest absolute Gasteiger partial charge is 0.463 e. The maximum atomic E-state index is 5.51. The Morgan fingerprint density at radius 3 is 2.61 bits per heavy atom. The zero-order chi connectivity index (χ0) is 12.8. The molecule has 94 valence electrons. The van der Waals surface area contributed by atoms with E-state index in [0.29, 0.717) is 6.04 Å². The van der Waals surface area contributed by atoms with Crippen molar-refractivity contribution in [2.75, 3.05) is 0 Å². The summed E-state index contributed by atoms with van der Waals surface area (Å²) in [5, 5.41) is 2.31. The van der Waals surface area contributed by atoms with Gasteiger partial charge in [0.15, 0.2) is 5.76 Å². The molecule has 0 radical (unpaired) electrons. The molecule has 0 aliphatic rings. The zero-order valence-corrected chi connectivity index (χ0v) is 10.8. The van der Waals surface area contributed by atoms with Crippen molar-refractivity contribution in [2.24, 2.45) is 0 Å². The Kier molecular flexibility index (Phi) is 4.37. The Morgan fingerprint density at radius 1 is 1.22 bits per heavy atom. The van der Waals surface area contributed by atoms with Crippen molar-refractivity contribution in [2.45, 2.75) is 25.9 Å². The average Bonchev–Trinajstić information content (AvgIpc) is 2.89. The molecule has 0 saturated carbocycles. The van der Waals surface area contributed by atoms with Gasteiger partial charge in [0.05, 0.1) is 6.26 Å². The number of hydrogen-bond acceptors (Lipinski definition) is 1. The predicted octanol–water partition coefficient (Wildman–Crippen LogP) is 3.05. The van der Waals surface area contributed by atoms with Gasteiger partial charge in [-0.15, -0.1) is 0 Å². The second-order valence-electron chi connectivity index (χ2n) is 4.71. The van der Waals surface area contributed by atoms with E-state index in [0.717, 1.165) is 18.7 Å². The van der Waals surface area contributed by atoms with Crippen molar-refractivity contribution in [3.63, 3.8) is 0 Å². The van der Waals surface area contributed by atoms with Crippen LogP contribution < -0.4 is 5.32 Å². The van der Waals surface area contributed by atoms with Crippen LogP contribution in [0, 0.1) is 0 Å². The molecule has 2 nitrogen and oxygen atoms in total. The Labute approximate surface area is 108 Å². The number of quaternary nitrogens is 1. The molecule has 0 amide bonds. The lowest BCUT2D eigenvalue weighted by Gasteiger charge is -2.13. The minimum atomic E-state index is 0.317. The molecule has 0 aliphatic heterocycles. The van der Waals surface area contributed by atoms with E-state index in [1.807, 2.05) is 18.2 Å². The normalized spacial score (nSPS) is 12.3. The molecule has 0 aliphatic carbocycles. The molecule has 2 aromatic rings. The fraction of sp³-hybridized carbons (Fsp3) is 0.250. The van der Waals surface area contributed by atoms with Crippen LogP contribution in [0.5, 0.6) is 0 Å². The third kappa shape index (κ3) is 3.60. The SMILES string of the molecule is C=C(C)C[C@H]([NH2+]Cc1ccccc1)c1ccco1. The van der Waals surface area contributed by atoms with Crippen molar-refractivity contribution in [1.82, 2.24) is 0 Å². The Hall–Kier alpha value is -1.80. The van der Waals surface area contributed by atoms with Gasteiger partial charge in [-0.25, -0.2) is 0 Å². The molecule has 2 rings (SSSR count). The van der Waals surface area contributed by atoms with E-state index in [2.05, 4.69) is 43.1 Å². The van der Waals surface area contributed by atoms with E-state index in [9.17, 15) is 0 Å². The lowest BCUT2D eigenvalue weighted by atomic mass is 10.1. The third-order valence-corrected chi connectivity index (χ3v) is 2.96. The minimum Gasteiger partial charge on any atom is -0.463 e. The van der Waals surface area contributed by atoms with Crippen LogP contribution in [0.3, 0.4) is 0 Å². The van der Waals surface area contributed by atoms with Crippen LogP contribution in [0.2, 0.25) is 0 Å². The highest BCUT2D eigenvalue weighted by Gasteiger charge is 2.17. The summed E-state index contributed by atoms with van der Waals surface area (Å²) in [6.07, 6.45) is 2.68. The van der Waals surface area contributed by atoms with Gasteiger partial charge in [-0.2, -0.15) is 0 Å². The van der Waals surface area contributed by atoms with E-state index in [-0.39, 0.29) is 0 Å². The first-order valence-corrected chi connectivity index (χ1v) is 6.31. The van der Waals surface area contributed by atoms with Crippen LogP contribution in [-0.4, -0.2) is 0 Å². The number of nitrogens with two attached hydrogens (primary N) is 1. The van der Waals surface area contributed by atoms with Crippen LogP contribution in [0.4, 0.5) is 0 Å². The van der Waals surface area contributed by atoms with Gasteiger partial charge in [0, 0.05) is 12.0 Å². The monoisotopic (exact) mass is 242 g/mol. The maximum Gasteiger partial charge on any atom is 0.161 e. The van der Waals surface area contributed by atoms with Gasteiger partial charge in [-0.05, 0) is 19.1 Å². The van der Waals surface area contributed by atoms with E-state index >= 15 is 0 Å². The zero-order valence-electron chi connectivity index (χ0n) is 10.8. The number of rotatable bonds is 6. The second-order valence-corrected chi connectivity index (χ2v) is 4.71. The molecule has 0 spiro atoms. The summed E-state index contributed by atoms with van der Waals surface area (Å²) in [5.74, 6) is 1.02. The lowest BCUT2D eigenvalue weighted by molar-refractivity contribution is -0.712. The molecule has 1 aromatic heterocycles. The standard InChI is InChI=1S/C16H19NO/c1-13(2)11-15(16-9-6-10-18-16)17-12-14-7-4-3-5-8-14/h3-10,15,17H,1,11-12H2,2H3/p+1/t15-/m0/s1. The molecular weight excluding hydrogens is 222 g/mol. The summed E-state index contributed by atoms with van der Waals surface area (Å²) in [6, 6.07) is 14.8. The van der Waals surface area contributed by atoms with E-state index < -0.39 is 0 Å². The first-order valence-electron chi connectivity index (χ1n) is 6.31. The van der Waals surface area contributed by atoms with E-state index in [1.165, 1.54) is 11.1 Å². The Balaban J connectivity index is 2.00. The maximum absolute atomic E-state index is 5.51. The minimum absolute atomic E-state index is 0.317. The molecule has 0 fully saturated rings. The van der Waals surface area contributed by atoms with Crippen molar-refractivity contribution < 1.29 is 9.73 Å².